The first-order valence-electron chi connectivity index (χ1n) is 8.02. The fourth-order valence-corrected chi connectivity index (χ4v) is 6.03. The minimum absolute atomic E-state index is 0.304. The average Bonchev–Trinajstić information content (AvgIpc) is 3.36. The summed E-state index contributed by atoms with van der Waals surface area (Å²) in [6.45, 7) is 0. The number of halogens is 1. The Bertz CT molecular complexity index is 1050. The summed E-state index contributed by atoms with van der Waals surface area (Å²) in [4.78, 5) is 11.4. The molecule has 0 aliphatic heterocycles. The number of aromatic nitrogens is 3. The van der Waals surface area contributed by atoms with E-state index in [1.165, 1.54) is 21.5 Å². The summed E-state index contributed by atoms with van der Waals surface area (Å²) in [5.74, 6) is 0.809. The Morgan fingerprint density at radius 2 is 1.89 bits per heavy atom. The Morgan fingerprint density at radius 1 is 1.07 bits per heavy atom. The molecule has 8 heteroatoms. The summed E-state index contributed by atoms with van der Waals surface area (Å²) in [6.07, 6.45) is 1.81. The van der Waals surface area contributed by atoms with E-state index < -0.39 is 0 Å². The average molecular weight is 520 g/mol. The zero-order valence-electron chi connectivity index (χ0n) is 13.9. The van der Waals surface area contributed by atoms with Crippen molar-refractivity contribution in [1.29, 1.82) is 0 Å². The fourth-order valence-electron chi connectivity index (χ4n) is 2.21. The van der Waals surface area contributed by atoms with Gasteiger partial charge >= 0.3 is 160 Å². The van der Waals surface area contributed by atoms with Crippen LogP contribution in [0, 0.1) is 0 Å². The van der Waals surface area contributed by atoms with Gasteiger partial charge in [0, 0.05) is 4.47 Å². The molecule has 0 radical (unpaired) electrons. The molecule has 0 aliphatic carbocycles. The van der Waals surface area contributed by atoms with Crippen molar-refractivity contribution in [2.24, 2.45) is 4.99 Å². The van der Waals surface area contributed by atoms with Crippen LogP contribution in [0.2, 0.25) is 0 Å². The van der Waals surface area contributed by atoms with Crippen molar-refractivity contribution in [2.45, 2.75) is 10.1 Å². The minimum atomic E-state index is 0.304. The standard InChI is InChI=1S/C19H13BrN4S2Se/c20-15-8-6-13(7-9-15)10-21-18-23-24-19(26-18)25-11-16-12-27-17(22-16)14-4-2-1-3-5-14/h1-10,12H,11H2. The Morgan fingerprint density at radius 3 is 2.70 bits per heavy atom. The molecule has 0 bridgehead atoms. The van der Waals surface area contributed by atoms with Crippen molar-refractivity contribution in [3.05, 3.63) is 75.3 Å². The number of rotatable bonds is 6. The zero-order valence-corrected chi connectivity index (χ0v) is 18.9. The number of aliphatic imine (C=N–C) groups is 1. The van der Waals surface area contributed by atoms with Crippen LogP contribution in [0.15, 0.2) is 73.3 Å². The van der Waals surface area contributed by atoms with Gasteiger partial charge in [0.2, 0.25) is 0 Å². The van der Waals surface area contributed by atoms with E-state index in [0.29, 0.717) is 19.6 Å². The molecule has 2 aromatic carbocycles. The van der Waals surface area contributed by atoms with Gasteiger partial charge in [0.05, 0.1) is 0 Å². The Kier molecular flexibility index (Phi) is 6.32. The van der Waals surface area contributed by atoms with Gasteiger partial charge < -0.3 is 0 Å². The Labute approximate surface area is 179 Å². The van der Waals surface area contributed by atoms with Crippen LogP contribution in [0.4, 0.5) is 5.13 Å². The number of hydrogen-bond acceptors (Lipinski definition) is 6. The van der Waals surface area contributed by atoms with Crippen molar-refractivity contribution in [1.82, 2.24) is 15.2 Å². The summed E-state index contributed by atoms with van der Waals surface area (Å²) in [5.41, 5.74) is 3.37. The topological polar surface area (TPSA) is 51.0 Å². The first kappa shape index (κ1) is 18.8. The maximum atomic E-state index is 4.77. The van der Waals surface area contributed by atoms with Gasteiger partial charge in [-0.05, 0) is 0 Å². The van der Waals surface area contributed by atoms with Crippen LogP contribution >= 0.6 is 39.0 Å². The van der Waals surface area contributed by atoms with Crippen LogP contribution in [-0.2, 0) is 5.75 Å². The maximum absolute atomic E-state index is 4.77. The van der Waals surface area contributed by atoms with E-state index in [2.05, 4.69) is 60.3 Å². The van der Waals surface area contributed by atoms with Crippen molar-refractivity contribution in [3.63, 3.8) is 0 Å². The van der Waals surface area contributed by atoms with Gasteiger partial charge in [0.25, 0.3) is 0 Å². The Balaban J connectivity index is 1.36. The number of thioether (sulfide) groups is 1. The molecular weight excluding hydrogens is 507 g/mol. The molecule has 2 aromatic heterocycles. The second-order valence-electron chi connectivity index (χ2n) is 5.46. The molecule has 0 saturated carbocycles. The normalized spacial score (nSPS) is 11.3. The van der Waals surface area contributed by atoms with E-state index in [1.54, 1.807) is 18.0 Å². The van der Waals surface area contributed by atoms with Crippen LogP contribution in [0.1, 0.15) is 11.3 Å². The first-order chi connectivity index (χ1) is 13.3. The van der Waals surface area contributed by atoms with Gasteiger partial charge in [-0.2, -0.15) is 0 Å². The van der Waals surface area contributed by atoms with Crippen molar-refractivity contribution in [3.8, 4) is 10.1 Å². The molecule has 0 spiro atoms. The summed E-state index contributed by atoms with van der Waals surface area (Å²) in [7, 11) is 0. The van der Waals surface area contributed by atoms with E-state index in [9.17, 15) is 0 Å². The molecule has 4 rings (SSSR count). The van der Waals surface area contributed by atoms with E-state index in [4.69, 9.17) is 4.98 Å². The van der Waals surface area contributed by atoms with Crippen LogP contribution in [0.25, 0.3) is 10.1 Å². The van der Waals surface area contributed by atoms with E-state index >= 15 is 0 Å². The second-order valence-corrected chi connectivity index (χ2v) is 10.4. The predicted molar refractivity (Wildman–Crippen MR) is 117 cm³/mol. The van der Waals surface area contributed by atoms with Crippen LogP contribution in [-0.4, -0.2) is 35.9 Å². The van der Waals surface area contributed by atoms with E-state index in [1.807, 2.05) is 30.3 Å². The van der Waals surface area contributed by atoms with E-state index in [-0.39, 0.29) is 0 Å². The van der Waals surface area contributed by atoms with Crippen molar-refractivity contribution < 1.29 is 0 Å². The molecule has 0 amide bonds. The quantitative estimate of drug-likeness (QED) is 0.193. The molecule has 134 valence electrons. The molecule has 0 unspecified atom stereocenters. The summed E-state index contributed by atoms with van der Waals surface area (Å²) >= 11 is 6.89. The van der Waals surface area contributed by atoms with Crippen LogP contribution in [0.3, 0.4) is 0 Å². The van der Waals surface area contributed by atoms with Crippen LogP contribution < -0.4 is 0 Å². The summed E-state index contributed by atoms with van der Waals surface area (Å²) in [5, 5.41) is 9.03. The Hall–Kier alpha value is -1.57. The molecule has 2 heterocycles. The van der Waals surface area contributed by atoms with Gasteiger partial charge in [-0.25, -0.2) is 0 Å². The molecule has 0 aliphatic rings. The van der Waals surface area contributed by atoms with Gasteiger partial charge in [0.1, 0.15) is 0 Å². The third-order valence-electron chi connectivity index (χ3n) is 3.51. The summed E-state index contributed by atoms with van der Waals surface area (Å²) < 4.78 is 3.15. The van der Waals surface area contributed by atoms with Gasteiger partial charge in [0.15, 0.2) is 0 Å². The molecule has 27 heavy (non-hydrogen) atoms. The molecule has 0 atom stereocenters. The van der Waals surface area contributed by atoms with Crippen molar-refractivity contribution >= 4 is 64.9 Å². The van der Waals surface area contributed by atoms with Gasteiger partial charge in [-0.3, -0.25) is 0 Å². The molecule has 4 aromatic rings. The predicted octanol–water partition coefficient (Wildman–Crippen LogP) is 5.46. The fraction of sp³-hybridized carbons (Fsp3) is 0.0526. The number of nitrogens with zero attached hydrogens (tertiary/aromatic N) is 4. The van der Waals surface area contributed by atoms with Gasteiger partial charge in [-0.15, -0.1) is 0 Å². The molecular formula is C19H13BrN4S2Se. The third-order valence-corrected chi connectivity index (χ3v) is 8.01. The SMILES string of the molecule is Brc1ccc(C=Nc2nnc(SCc3c[se]c(-c4ccccc4)n3)s2)cc1. The van der Waals surface area contributed by atoms with Gasteiger partial charge in [-0.1, -0.05) is 15.9 Å². The molecule has 0 saturated heterocycles. The molecule has 0 N–H and O–H groups in total. The molecule has 4 nitrogen and oxygen atoms in total. The van der Waals surface area contributed by atoms with E-state index in [0.717, 1.165) is 25.8 Å². The monoisotopic (exact) mass is 520 g/mol. The third kappa shape index (κ3) is 5.24. The zero-order chi connectivity index (χ0) is 18.5. The summed E-state index contributed by atoms with van der Waals surface area (Å²) in [6, 6.07) is 18.4. The number of hydrogen-bond donors (Lipinski definition) is 0. The molecule has 0 fully saturated rings. The van der Waals surface area contributed by atoms with Crippen molar-refractivity contribution in [2.75, 3.05) is 0 Å². The number of benzene rings is 2. The second kappa shape index (κ2) is 9.08. The van der Waals surface area contributed by atoms with Crippen LogP contribution in [0.5, 0.6) is 0 Å². The first-order valence-corrected chi connectivity index (χ1v) is 12.5.